The number of rotatable bonds is 6. The topological polar surface area (TPSA) is 76.0 Å². The van der Waals surface area contributed by atoms with Gasteiger partial charge in [-0.25, -0.2) is 21.9 Å². The van der Waals surface area contributed by atoms with Crippen molar-refractivity contribution in [3.05, 3.63) is 47.3 Å². The fraction of sp³-hybridized carbons (Fsp3) is 0.357. The van der Waals surface area contributed by atoms with Gasteiger partial charge in [0.15, 0.2) is 0 Å². The summed E-state index contributed by atoms with van der Waals surface area (Å²) in [5, 5.41) is 6.85. The van der Waals surface area contributed by atoms with Gasteiger partial charge in [-0.1, -0.05) is 18.2 Å². The Bertz CT molecular complexity index is 811. The Kier molecular flexibility index (Phi) is 5.92. The number of nitrogens with one attached hydrogen (secondary N) is 2. The summed E-state index contributed by atoms with van der Waals surface area (Å²) < 4.78 is 52.3. The largest absolute Gasteiger partial charge is 0.309 e. The lowest BCUT2D eigenvalue weighted by atomic mass is 10.1. The molecular weight excluding hydrogens is 362 g/mol. The lowest BCUT2D eigenvalue weighted by Gasteiger charge is -2.07. The van der Waals surface area contributed by atoms with Crippen LogP contribution in [0.3, 0.4) is 0 Å². The maximum Gasteiger partial charge on any atom is 0.257 e. The van der Waals surface area contributed by atoms with Gasteiger partial charge in [-0.05, 0) is 16.7 Å². The van der Waals surface area contributed by atoms with Crippen LogP contribution in [0.5, 0.6) is 0 Å². The SMILES string of the molecule is Cl.O=S(=O)(NCc1ccc2c(c1)CNC2)c1cnn(CC(F)F)c1. The Labute approximate surface area is 144 Å². The van der Waals surface area contributed by atoms with Crippen molar-refractivity contribution < 1.29 is 17.2 Å². The zero-order valence-electron chi connectivity index (χ0n) is 12.6. The van der Waals surface area contributed by atoms with E-state index in [1.807, 2.05) is 18.2 Å². The molecule has 1 aromatic carbocycles. The van der Waals surface area contributed by atoms with Crippen LogP contribution in [0.15, 0.2) is 35.5 Å². The van der Waals surface area contributed by atoms with E-state index in [1.54, 1.807) is 0 Å². The fourth-order valence-electron chi connectivity index (χ4n) is 2.44. The summed E-state index contributed by atoms with van der Waals surface area (Å²) in [6.45, 7) is 1.10. The highest BCUT2D eigenvalue weighted by atomic mass is 35.5. The zero-order valence-corrected chi connectivity index (χ0v) is 14.2. The van der Waals surface area contributed by atoms with Crippen LogP contribution in [0.25, 0.3) is 0 Å². The second-order valence-electron chi connectivity index (χ2n) is 5.32. The van der Waals surface area contributed by atoms with Gasteiger partial charge in [-0.2, -0.15) is 5.10 Å². The van der Waals surface area contributed by atoms with E-state index >= 15 is 0 Å². The van der Waals surface area contributed by atoms with Crippen LogP contribution in [0, 0.1) is 0 Å². The van der Waals surface area contributed by atoms with Crippen molar-refractivity contribution in [2.45, 2.75) is 37.5 Å². The van der Waals surface area contributed by atoms with Crippen LogP contribution in [-0.4, -0.2) is 24.6 Å². The number of nitrogens with zero attached hydrogens (tertiary/aromatic N) is 2. The Morgan fingerprint density at radius 1 is 1.29 bits per heavy atom. The minimum absolute atomic E-state index is 0. The molecule has 2 aromatic rings. The average Bonchev–Trinajstić information content (AvgIpc) is 3.13. The molecule has 0 bridgehead atoms. The predicted molar refractivity (Wildman–Crippen MR) is 86.5 cm³/mol. The molecule has 132 valence electrons. The maximum absolute atomic E-state index is 12.3. The molecule has 2 N–H and O–H groups in total. The van der Waals surface area contributed by atoms with Crippen LogP contribution >= 0.6 is 12.4 Å². The van der Waals surface area contributed by atoms with Gasteiger partial charge in [0.05, 0.1) is 6.20 Å². The van der Waals surface area contributed by atoms with Crippen molar-refractivity contribution >= 4 is 22.4 Å². The van der Waals surface area contributed by atoms with Crippen LogP contribution in [-0.2, 0) is 36.2 Å². The van der Waals surface area contributed by atoms with Gasteiger partial charge in [0.1, 0.15) is 11.4 Å². The number of sulfonamides is 1. The highest BCUT2D eigenvalue weighted by Gasteiger charge is 2.18. The fourth-order valence-corrected chi connectivity index (χ4v) is 3.41. The molecule has 0 amide bonds. The molecule has 6 nitrogen and oxygen atoms in total. The average molecular weight is 379 g/mol. The summed E-state index contributed by atoms with van der Waals surface area (Å²) in [5.74, 6) is 0. The third-order valence-corrected chi connectivity index (χ3v) is 4.97. The molecule has 1 aliphatic rings. The van der Waals surface area contributed by atoms with E-state index in [2.05, 4.69) is 15.1 Å². The van der Waals surface area contributed by atoms with Crippen LogP contribution in [0.4, 0.5) is 8.78 Å². The molecule has 0 spiro atoms. The molecule has 0 fully saturated rings. The number of hydrogen-bond acceptors (Lipinski definition) is 4. The minimum Gasteiger partial charge on any atom is -0.309 e. The number of aromatic nitrogens is 2. The Morgan fingerprint density at radius 3 is 2.79 bits per heavy atom. The quantitative estimate of drug-likeness (QED) is 0.801. The zero-order chi connectivity index (χ0) is 16.4. The van der Waals surface area contributed by atoms with E-state index in [1.165, 1.54) is 5.56 Å². The lowest BCUT2D eigenvalue weighted by molar-refractivity contribution is 0.121. The molecule has 0 aliphatic carbocycles. The van der Waals surface area contributed by atoms with Crippen molar-refractivity contribution in [2.24, 2.45) is 0 Å². The number of halogens is 3. The molecular formula is C14H17ClF2N4O2S. The molecule has 24 heavy (non-hydrogen) atoms. The first-order valence-corrected chi connectivity index (χ1v) is 8.54. The molecule has 0 saturated heterocycles. The van der Waals surface area contributed by atoms with Gasteiger partial charge in [-0.3, -0.25) is 4.68 Å². The van der Waals surface area contributed by atoms with Crippen LogP contribution in [0.1, 0.15) is 16.7 Å². The van der Waals surface area contributed by atoms with Gasteiger partial charge in [0.2, 0.25) is 10.0 Å². The number of benzene rings is 1. The molecule has 3 rings (SSSR count). The van der Waals surface area contributed by atoms with Crippen molar-refractivity contribution in [1.29, 1.82) is 0 Å². The van der Waals surface area contributed by atoms with Crippen molar-refractivity contribution in [3.8, 4) is 0 Å². The van der Waals surface area contributed by atoms with Gasteiger partial charge in [0.25, 0.3) is 6.43 Å². The third-order valence-electron chi connectivity index (χ3n) is 3.61. The van der Waals surface area contributed by atoms with Crippen LogP contribution < -0.4 is 10.0 Å². The lowest BCUT2D eigenvalue weighted by Crippen LogP contribution is -2.23. The highest BCUT2D eigenvalue weighted by molar-refractivity contribution is 7.89. The Morgan fingerprint density at radius 2 is 2.04 bits per heavy atom. The van der Waals surface area contributed by atoms with E-state index in [4.69, 9.17) is 0 Å². The molecule has 0 saturated carbocycles. The second-order valence-corrected chi connectivity index (χ2v) is 7.09. The Balaban J connectivity index is 0.00000208. The molecule has 1 aromatic heterocycles. The highest BCUT2D eigenvalue weighted by Crippen LogP contribution is 2.17. The van der Waals surface area contributed by atoms with Crippen LogP contribution in [0.2, 0.25) is 0 Å². The molecule has 0 unspecified atom stereocenters. The molecule has 0 radical (unpaired) electrons. The van der Waals surface area contributed by atoms with Gasteiger partial charge >= 0.3 is 0 Å². The van der Waals surface area contributed by atoms with E-state index < -0.39 is 23.0 Å². The summed E-state index contributed by atoms with van der Waals surface area (Å²) in [6.07, 6.45) is -0.420. The minimum atomic E-state index is -3.78. The maximum atomic E-state index is 12.3. The van der Waals surface area contributed by atoms with Crippen molar-refractivity contribution in [2.75, 3.05) is 0 Å². The van der Waals surface area contributed by atoms with E-state index in [0.29, 0.717) is 0 Å². The van der Waals surface area contributed by atoms with Gasteiger partial charge in [0, 0.05) is 25.8 Å². The van der Waals surface area contributed by atoms with Crippen molar-refractivity contribution in [3.63, 3.8) is 0 Å². The van der Waals surface area contributed by atoms with E-state index in [0.717, 1.165) is 41.3 Å². The number of alkyl halides is 2. The van der Waals surface area contributed by atoms with Gasteiger partial charge in [-0.15, -0.1) is 12.4 Å². The first-order chi connectivity index (χ1) is 10.9. The predicted octanol–water partition coefficient (Wildman–Crippen LogP) is 1.65. The number of fused-ring (bicyclic) bond motifs is 1. The summed E-state index contributed by atoms with van der Waals surface area (Å²) in [7, 11) is -3.78. The monoisotopic (exact) mass is 378 g/mol. The van der Waals surface area contributed by atoms with Gasteiger partial charge < -0.3 is 5.32 Å². The second kappa shape index (κ2) is 7.56. The molecule has 2 heterocycles. The summed E-state index contributed by atoms with van der Waals surface area (Å²) in [4.78, 5) is -0.124. The first-order valence-electron chi connectivity index (χ1n) is 7.06. The molecule has 1 aliphatic heterocycles. The summed E-state index contributed by atoms with van der Waals surface area (Å²) in [5.41, 5.74) is 3.22. The normalized spacial score (nSPS) is 13.8. The molecule has 10 heteroatoms. The summed E-state index contributed by atoms with van der Waals surface area (Å²) >= 11 is 0. The smallest absolute Gasteiger partial charge is 0.257 e. The van der Waals surface area contributed by atoms with E-state index in [9.17, 15) is 17.2 Å². The summed E-state index contributed by atoms with van der Waals surface area (Å²) in [6, 6.07) is 5.80. The number of hydrogen-bond donors (Lipinski definition) is 2. The van der Waals surface area contributed by atoms with Crippen molar-refractivity contribution in [1.82, 2.24) is 19.8 Å². The molecule has 0 atom stereocenters. The third kappa shape index (κ3) is 4.29. The van der Waals surface area contributed by atoms with E-state index in [-0.39, 0.29) is 23.8 Å². The first kappa shape index (κ1) is 18.8. The Hall–Kier alpha value is -1.55. The standard InChI is InChI=1S/C14H16F2N4O2S.ClH/c15-14(16)9-20-8-13(7-18-20)23(21,22)19-4-10-1-2-11-5-17-6-12(11)3-10;/h1-3,7-8,14,17,19H,4-6,9H2;1H.